The normalized spacial score (nSPS) is 22.8. The van der Waals surface area contributed by atoms with Crippen LogP contribution in [0.15, 0.2) is 18.2 Å². The molecule has 0 bridgehead atoms. The number of rotatable bonds is 3. The molecule has 0 heterocycles. The minimum absolute atomic E-state index is 0.457. The summed E-state index contributed by atoms with van der Waals surface area (Å²) in [6.45, 7) is 5.37. The Morgan fingerprint density at radius 2 is 2.07 bits per heavy atom. The Kier molecular flexibility index (Phi) is 2.98. The molecule has 1 N–H and O–H groups in total. The van der Waals surface area contributed by atoms with Crippen LogP contribution in [-0.2, 0) is 6.54 Å². The Bertz CT molecular complexity index is 374. The van der Waals surface area contributed by atoms with Crippen molar-refractivity contribution in [3.63, 3.8) is 0 Å². The lowest BCUT2D eigenvalue weighted by molar-refractivity contribution is 0.542. The summed E-state index contributed by atoms with van der Waals surface area (Å²) in [4.78, 5) is 0. The maximum Gasteiger partial charge on any atom is 0.0465 e. The largest absolute Gasteiger partial charge is 0.309 e. The predicted octanol–water partition coefficient (Wildman–Crippen LogP) is 3.88. The van der Waals surface area contributed by atoms with Crippen molar-refractivity contribution in [1.29, 1.82) is 0 Å². The molecule has 0 radical (unpaired) electrons. The van der Waals surface area contributed by atoms with Crippen molar-refractivity contribution in [2.75, 3.05) is 0 Å². The van der Waals surface area contributed by atoms with Crippen molar-refractivity contribution in [1.82, 2.24) is 5.32 Å². The van der Waals surface area contributed by atoms with Gasteiger partial charge in [0, 0.05) is 22.6 Å². The van der Waals surface area contributed by atoms with Crippen LogP contribution >= 0.6 is 23.2 Å². The first-order valence-electron chi connectivity index (χ1n) is 5.16. The summed E-state index contributed by atoms with van der Waals surface area (Å²) in [5, 5.41) is 4.93. The fourth-order valence-corrected chi connectivity index (χ4v) is 2.19. The fraction of sp³-hybridized carbons (Fsp3) is 0.500. The molecule has 1 aromatic rings. The van der Waals surface area contributed by atoms with E-state index in [1.807, 2.05) is 12.1 Å². The summed E-state index contributed by atoms with van der Waals surface area (Å²) in [5.74, 6) is 0. The molecule has 15 heavy (non-hydrogen) atoms. The summed E-state index contributed by atoms with van der Waals surface area (Å²) in [5.41, 5.74) is 1.57. The molecule has 0 aromatic heterocycles. The zero-order valence-corrected chi connectivity index (χ0v) is 10.5. The topological polar surface area (TPSA) is 12.0 Å². The number of halogens is 2. The van der Waals surface area contributed by atoms with Crippen LogP contribution in [0.2, 0.25) is 10.0 Å². The molecule has 1 atom stereocenters. The van der Waals surface area contributed by atoms with Gasteiger partial charge in [-0.3, -0.25) is 0 Å². The van der Waals surface area contributed by atoms with Crippen LogP contribution in [0.4, 0.5) is 0 Å². The van der Waals surface area contributed by atoms with Crippen LogP contribution < -0.4 is 5.32 Å². The molecule has 1 fully saturated rings. The van der Waals surface area contributed by atoms with Gasteiger partial charge in [-0.2, -0.15) is 0 Å². The maximum atomic E-state index is 6.08. The van der Waals surface area contributed by atoms with E-state index in [-0.39, 0.29) is 0 Å². The standard InChI is InChI=1S/C12H15Cl2N/c1-12(2)6-11(12)15-7-8-3-4-9(13)5-10(8)14/h3-5,11,15H,6-7H2,1-2H3. The van der Waals surface area contributed by atoms with E-state index in [0.717, 1.165) is 17.1 Å². The van der Waals surface area contributed by atoms with Gasteiger partial charge < -0.3 is 5.32 Å². The van der Waals surface area contributed by atoms with E-state index in [1.165, 1.54) is 6.42 Å². The molecule has 2 rings (SSSR count). The van der Waals surface area contributed by atoms with Crippen LogP contribution in [0.3, 0.4) is 0 Å². The number of benzene rings is 1. The Morgan fingerprint density at radius 1 is 1.40 bits per heavy atom. The van der Waals surface area contributed by atoms with Gasteiger partial charge in [0.1, 0.15) is 0 Å². The van der Waals surface area contributed by atoms with Crippen molar-refractivity contribution >= 4 is 23.2 Å². The van der Waals surface area contributed by atoms with Gasteiger partial charge in [0.15, 0.2) is 0 Å². The second-order valence-corrected chi connectivity index (χ2v) is 5.71. The molecule has 82 valence electrons. The van der Waals surface area contributed by atoms with Gasteiger partial charge in [-0.1, -0.05) is 43.1 Å². The van der Waals surface area contributed by atoms with Gasteiger partial charge in [0.25, 0.3) is 0 Å². The van der Waals surface area contributed by atoms with E-state index in [1.54, 1.807) is 6.07 Å². The van der Waals surface area contributed by atoms with E-state index in [0.29, 0.717) is 16.5 Å². The van der Waals surface area contributed by atoms with Crippen molar-refractivity contribution in [3.05, 3.63) is 33.8 Å². The zero-order valence-electron chi connectivity index (χ0n) is 8.98. The monoisotopic (exact) mass is 243 g/mol. The van der Waals surface area contributed by atoms with Crippen molar-refractivity contribution in [3.8, 4) is 0 Å². The smallest absolute Gasteiger partial charge is 0.0465 e. The Morgan fingerprint density at radius 3 is 2.60 bits per heavy atom. The second kappa shape index (κ2) is 3.97. The molecule has 0 amide bonds. The van der Waals surface area contributed by atoms with Gasteiger partial charge >= 0.3 is 0 Å². The SMILES string of the molecule is CC1(C)CC1NCc1ccc(Cl)cc1Cl. The average Bonchev–Trinajstić information content (AvgIpc) is 2.73. The lowest BCUT2D eigenvalue weighted by Gasteiger charge is -2.08. The molecule has 1 aliphatic rings. The highest BCUT2D eigenvalue weighted by Gasteiger charge is 2.44. The van der Waals surface area contributed by atoms with E-state index in [9.17, 15) is 0 Å². The Balaban J connectivity index is 1.94. The first-order valence-corrected chi connectivity index (χ1v) is 5.92. The quantitative estimate of drug-likeness (QED) is 0.850. The minimum Gasteiger partial charge on any atom is -0.309 e. The van der Waals surface area contributed by atoms with E-state index >= 15 is 0 Å². The van der Waals surface area contributed by atoms with Gasteiger partial charge in [0.05, 0.1) is 0 Å². The highest BCUT2D eigenvalue weighted by Crippen LogP contribution is 2.44. The maximum absolute atomic E-state index is 6.08. The summed E-state index contributed by atoms with van der Waals surface area (Å²) in [7, 11) is 0. The van der Waals surface area contributed by atoms with Gasteiger partial charge in [-0.05, 0) is 29.5 Å². The van der Waals surface area contributed by atoms with Gasteiger partial charge in [-0.15, -0.1) is 0 Å². The summed E-state index contributed by atoms with van der Waals surface area (Å²) in [6.07, 6.45) is 1.25. The first-order chi connectivity index (χ1) is 6.99. The zero-order chi connectivity index (χ0) is 11.1. The number of hydrogen-bond donors (Lipinski definition) is 1. The van der Waals surface area contributed by atoms with Gasteiger partial charge in [-0.25, -0.2) is 0 Å². The molecule has 1 saturated carbocycles. The molecule has 0 saturated heterocycles. The molecule has 0 aliphatic heterocycles. The van der Waals surface area contributed by atoms with Crippen LogP contribution in [-0.4, -0.2) is 6.04 Å². The fourth-order valence-electron chi connectivity index (χ4n) is 1.71. The third kappa shape index (κ3) is 2.66. The molecule has 1 unspecified atom stereocenters. The number of nitrogens with one attached hydrogen (secondary N) is 1. The summed E-state index contributed by atoms with van der Waals surface area (Å²) < 4.78 is 0. The summed E-state index contributed by atoms with van der Waals surface area (Å²) >= 11 is 11.9. The highest BCUT2D eigenvalue weighted by atomic mass is 35.5. The Labute approximate surface area is 101 Å². The molecule has 0 spiro atoms. The van der Waals surface area contributed by atoms with E-state index in [2.05, 4.69) is 19.2 Å². The van der Waals surface area contributed by atoms with E-state index < -0.39 is 0 Å². The van der Waals surface area contributed by atoms with Crippen LogP contribution in [0.5, 0.6) is 0 Å². The molecular weight excluding hydrogens is 229 g/mol. The molecule has 3 heteroatoms. The lowest BCUT2D eigenvalue weighted by atomic mass is 10.2. The van der Waals surface area contributed by atoms with Crippen molar-refractivity contribution in [2.45, 2.75) is 32.9 Å². The molecule has 1 aromatic carbocycles. The summed E-state index contributed by atoms with van der Waals surface area (Å²) in [6, 6.07) is 6.28. The highest BCUT2D eigenvalue weighted by molar-refractivity contribution is 6.35. The Hall–Kier alpha value is -0.240. The first kappa shape index (κ1) is 11.3. The van der Waals surface area contributed by atoms with Crippen LogP contribution in [0.25, 0.3) is 0 Å². The second-order valence-electron chi connectivity index (χ2n) is 4.86. The van der Waals surface area contributed by atoms with E-state index in [4.69, 9.17) is 23.2 Å². The minimum atomic E-state index is 0.457. The van der Waals surface area contributed by atoms with Crippen molar-refractivity contribution in [2.24, 2.45) is 5.41 Å². The number of hydrogen-bond acceptors (Lipinski definition) is 1. The van der Waals surface area contributed by atoms with Gasteiger partial charge in [0.2, 0.25) is 0 Å². The molecule has 1 nitrogen and oxygen atoms in total. The molecular formula is C12H15Cl2N. The van der Waals surface area contributed by atoms with Crippen LogP contribution in [0.1, 0.15) is 25.8 Å². The third-order valence-electron chi connectivity index (χ3n) is 3.07. The van der Waals surface area contributed by atoms with Crippen molar-refractivity contribution < 1.29 is 0 Å². The average molecular weight is 244 g/mol. The third-order valence-corrected chi connectivity index (χ3v) is 3.65. The predicted molar refractivity (Wildman–Crippen MR) is 65.5 cm³/mol. The van der Waals surface area contributed by atoms with Crippen LogP contribution in [0, 0.1) is 5.41 Å². The molecule has 1 aliphatic carbocycles. The lowest BCUT2D eigenvalue weighted by Crippen LogP contribution is -2.20.